The van der Waals surface area contributed by atoms with Crippen LogP contribution in [0, 0.1) is 0 Å². The molecule has 16 heavy (non-hydrogen) atoms. The molecule has 0 aliphatic carbocycles. The van der Waals surface area contributed by atoms with Crippen molar-refractivity contribution in [2.24, 2.45) is 0 Å². The van der Waals surface area contributed by atoms with Crippen molar-refractivity contribution in [3.63, 3.8) is 0 Å². The van der Waals surface area contributed by atoms with Gasteiger partial charge in [0.2, 0.25) is 11.7 Å². The van der Waals surface area contributed by atoms with E-state index in [1.165, 1.54) is 0 Å². The first-order chi connectivity index (χ1) is 7.63. The second-order valence-corrected chi connectivity index (χ2v) is 3.28. The SMILES string of the molecule is CCOC(=O)c1oc(C(C)OC)nc1CC. The summed E-state index contributed by atoms with van der Waals surface area (Å²) in [5.41, 5.74) is 0.609. The predicted octanol–water partition coefficient (Wildman–Crippen LogP) is 2.12. The van der Waals surface area contributed by atoms with E-state index >= 15 is 0 Å². The van der Waals surface area contributed by atoms with Gasteiger partial charge in [0.05, 0.1) is 12.3 Å². The van der Waals surface area contributed by atoms with Crippen molar-refractivity contribution in [2.75, 3.05) is 13.7 Å². The molecule has 0 fully saturated rings. The smallest absolute Gasteiger partial charge is 0.376 e. The lowest BCUT2D eigenvalue weighted by Gasteiger charge is -2.02. The molecule has 0 saturated heterocycles. The van der Waals surface area contributed by atoms with E-state index < -0.39 is 5.97 Å². The van der Waals surface area contributed by atoms with Gasteiger partial charge in [-0.15, -0.1) is 0 Å². The molecule has 1 aromatic heterocycles. The number of oxazole rings is 1. The third-order valence-electron chi connectivity index (χ3n) is 2.21. The monoisotopic (exact) mass is 227 g/mol. The fourth-order valence-corrected chi connectivity index (χ4v) is 1.24. The molecule has 0 spiro atoms. The molecule has 1 atom stereocenters. The summed E-state index contributed by atoms with van der Waals surface area (Å²) >= 11 is 0. The van der Waals surface area contributed by atoms with Crippen LogP contribution in [0.3, 0.4) is 0 Å². The lowest BCUT2D eigenvalue weighted by Crippen LogP contribution is -2.05. The third kappa shape index (κ3) is 2.61. The average Bonchev–Trinajstić information content (AvgIpc) is 2.72. The van der Waals surface area contributed by atoms with Crippen LogP contribution < -0.4 is 0 Å². The van der Waals surface area contributed by atoms with Gasteiger partial charge in [0, 0.05) is 7.11 Å². The number of rotatable bonds is 5. The van der Waals surface area contributed by atoms with Gasteiger partial charge >= 0.3 is 5.97 Å². The Morgan fingerprint density at radius 2 is 2.19 bits per heavy atom. The Labute approximate surface area is 94.8 Å². The van der Waals surface area contributed by atoms with E-state index in [-0.39, 0.29) is 11.9 Å². The van der Waals surface area contributed by atoms with Crippen LogP contribution >= 0.6 is 0 Å². The van der Waals surface area contributed by atoms with Crippen LogP contribution in [0.15, 0.2) is 4.42 Å². The van der Waals surface area contributed by atoms with Crippen molar-refractivity contribution in [3.05, 3.63) is 17.3 Å². The molecule has 5 nitrogen and oxygen atoms in total. The van der Waals surface area contributed by atoms with Gasteiger partial charge in [-0.2, -0.15) is 0 Å². The van der Waals surface area contributed by atoms with Gasteiger partial charge in [-0.3, -0.25) is 0 Å². The largest absolute Gasteiger partial charge is 0.460 e. The fourth-order valence-electron chi connectivity index (χ4n) is 1.24. The Bertz CT molecular complexity index is 359. The summed E-state index contributed by atoms with van der Waals surface area (Å²) in [6.07, 6.45) is 0.349. The Balaban J connectivity index is 2.99. The molecular formula is C11H17NO4. The highest BCUT2D eigenvalue weighted by Gasteiger charge is 2.22. The average molecular weight is 227 g/mol. The van der Waals surface area contributed by atoms with Crippen LogP contribution in [0.2, 0.25) is 0 Å². The Morgan fingerprint density at radius 1 is 1.50 bits per heavy atom. The number of hydrogen-bond acceptors (Lipinski definition) is 5. The Hall–Kier alpha value is -1.36. The van der Waals surface area contributed by atoms with Crippen LogP contribution in [-0.4, -0.2) is 24.7 Å². The summed E-state index contributed by atoms with van der Waals surface area (Å²) in [6.45, 7) is 5.78. The molecule has 0 bridgehead atoms. The standard InChI is InChI=1S/C11H17NO4/c1-5-8-9(11(13)15-6-2)16-10(12-8)7(3)14-4/h7H,5-6H2,1-4H3. The first kappa shape index (κ1) is 12.7. The molecule has 0 aliphatic rings. The van der Waals surface area contributed by atoms with Gasteiger partial charge in [0.25, 0.3) is 0 Å². The highest BCUT2D eigenvalue weighted by molar-refractivity contribution is 5.87. The zero-order valence-corrected chi connectivity index (χ0v) is 10.1. The van der Waals surface area contributed by atoms with Gasteiger partial charge < -0.3 is 13.9 Å². The van der Waals surface area contributed by atoms with E-state index in [2.05, 4.69) is 4.98 Å². The number of ether oxygens (including phenoxy) is 2. The molecule has 0 amide bonds. The van der Waals surface area contributed by atoms with Gasteiger partial charge in [-0.25, -0.2) is 9.78 Å². The van der Waals surface area contributed by atoms with Crippen molar-refractivity contribution in [2.45, 2.75) is 33.3 Å². The van der Waals surface area contributed by atoms with E-state index in [9.17, 15) is 4.79 Å². The number of esters is 1. The third-order valence-corrected chi connectivity index (χ3v) is 2.21. The van der Waals surface area contributed by atoms with Crippen molar-refractivity contribution in [1.82, 2.24) is 4.98 Å². The van der Waals surface area contributed by atoms with E-state index in [0.29, 0.717) is 24.6 Å². The number of carbonyl (C=O) groups excluding carboxylic acids is 1. The summed E-state index contributed by atoms with van der Waals surface area (Å²) in [5.74, 6) is 0.118. The minimum Gasteiger partial charge on any atom is -0.460 e. The van der Waals surface area contributed by atoms with E-state index in [0.717, 1.165) is 0 Å². The summed E-state index contributed by atoms with van der Waals surface area (Å²) in [5, 5.41) is 0. The van der Waals surface area contributed by atoms with E-state index in [1.807, 2.05) is 6.92 Å². The maximum absolute atomic E-state index is 11.6. The quantitative estimate of drug-likeness (QED) is 0.721. The first-order valence-corrected chi connectivity index (χ1v) is 5.33. The molecule has 0 saturated carbocycles. The number of nitrogens with zero attached hydrogens (tertiary/aromatic N) is 1. The number of aromatic nitrogens is 1. The minimum absolute atomic E-state index is 0.184. The van der Waals surface area contributed by atoms with E-state index in [4.69, 9.17) is 13.9 Å². The number of hydrogen-bond donors (Lipinski definition) is 0. The molecule has 0 aromatic carbocycles. The van der Waals surface area contributed by atoms with Crippen LogP contribution in [0.5, 0.6) is 0 Å². The minimum atomic E-state index is -0.471. The normalized spacial score (nSPS) is 12.5. The van der Waals surface area contributed by atoms with Crippen LogP contribution in [0.25, 0.3) is 0 Å². The van der Waals surface area contributed by atoms with Gasteiger partial charge in [0.1, 0.15) is 6.10 Å². The molecule has 0 aliphatic heterocycles. The summed E-state index contributed by atoms with van der Waals surface area (Å²) in [7, 11) is 1.56. The molecule has 1 heterocycles. The summed E-state index contributed by atoms with van der Waals surface area (Å²) in [6, 6.07) is 0. The molecule has 0 N–H and O–H groups in total. The first-order valence-electron chi connectivity index (χ1n) is 5.33. The van der Waals surface area contributed by atoms with Gasteiger partial charge in [-0.1, -0.05) is 6.92 Å². The van der Waals surface area contributed by atoms with Crippen molar-refractivity contribution in [1.29, 1.82) is 0 Å². The topological polar surface area (TPSA) is 61.6 Å². The fraction of sp³-hybridized carbons (Fsp3) is 0.636. The molecule has 90 valence electrons. The maximum Gasteiger partial charge on any atom is 0.376 e. The molecule has 1 aromatic rings. The van der Waals surface area contributed by atoms with Crippen LogP contribution in [-0.2, 0) is 15.9 Å². The van der Waals surface area contributed by atoms with Crippen molar-refractivity contribution >= 4 is 5.97 Å². The van der Waals surface area contributed by atoms with E-state index in [1.54, 1.807) is 21.0 Å². The second kappa shape index (κ2) is 5.65. The lowest BCUT2D eigenvalue weighted by molar-refractivity contribution is 0.0471. The highest BCUT2D eigenvalue weighted by Crippen LogP contribution is 2.20. The van der Waals surface area contributed by atoms with Gasteiger partial charge in [0.15, 0.2) is 0 Å². The van der Waals surface area contributed by atoms with Crippen LogP contribution in [0.4, 0.5) is 0 Å². The van der Waals surface area contributed by atoms with Crippen molar-refractivity contribution < 1.29 is 18.7 Å². The molecule has 1 rings (SSSR count). The predicted molar refractivity (Wildman–Crippen MR) is 57.3 cm³/mol. The van der Waals surface area contributed by atoms with Crippen molar-refractivity contribution in [3.8, 4) is 0 Å². The second-order valence-electron chi connectivity index (χ2n) is 3.28. The zero-order valence-electron chi connectivity index (χ0n) is 10.1. The lowest BCUT2D eigenvalue weighted by atomic mass is 10.3. The zero-order chi connectivity index (χ0) is 12.1. The maximum atomic E-state index is 11.6. The molecule has 1 unspecified atom stereocenters. The number of methoxy groups -OCH3 is 1. The number of carbonyl (C=O) groups is 1. The molecular weight excluding hydrogens is 210 g/mol. The Kier molecular flexibility index (Phi) is 4.49. The Morgan fingerprint density at radius 3 is 2.69 bits per heavy atom. The highest BCUT2D eigenvalue weighted by atomic mass is 16.5. The summed E-state index contributed by atoms with van der Waals surface area (Å²) in [4.78, 5) is 15.8. The number of aryl methyl sites for hydroxylation is 1. The summed E-state index contributed by atoms with van der Waals surface area (Å²) < 4.78 is 15.3. The molecule has 5 heteroatoms. The van der Waals surface area contributed by atoms with Crippen LogP contribution in [0.1, 0.15) is 49.0 Å². The van der Waals surface area contributed by atoms with Gasteiger partial charge in [-0.05, 0) is 20.3 Å². The molecule has 0 radical (unpaired) electrons.